The van der Waals surface area contributed by atoms with Crippen molar-refractivity contribution < 1.29 is 84.0 Å². The molecule has 15 heteroatoms. The molecule has 0 aromatic rings. The van der Waals surface area contributed by atoms with E-state index in [1.54, 1.807) is 0 Å². The van der Waals surface area contributed by atoms with Crippen molar-refractivity contribution in [3.8, 4) is 0 Å². The molecule has 2 bridgehead atoms. The van der Waals surface area contributed by atoms with E-state index in [0.29, 0.717) is 12.2 Å². The first-order valence-electron chi connectivity index (χ1n) is 7.36. The topological polar surface area (TPSA) is 40.5 Å². The predicted molar refractivity (Wildman–Crippen MR) is 66.2 cm³/mol. The first-order chi connectivity index (χ1) is 12.1. The third kappa shape index (κ3) is 3.14. The normalized spacial score (nSPS) is 29.3. The van der Waals surface area contributed by atoms with Crippen molar-refractivity contribution in [2.75, 3.05) is 0 Å². The fourth-order valence-corrected chi connectivity index (χ4v) is 4.25. The Morgan fingerprint density at radius 3 is 1.45 bits per heavy atom. The summed E-state index contributed by atoms with van der Waals surface area (Å²) in [4.78, 5) is 0. The van der Waals surface area contributed by atoms with Gasteiger partial charge in [-0.05, 0) is 5.92 Å². The van der Waals surface area contributed by atoms with Crippen molar-refractivity contribution in [1.29, 1.82) is 0 Å². The molecule has 170 valence electrons. The molecular formula is C14H11F12O2W-. The molecule has 0 aromatic heterocycles. The molecule has 1 saturated carbocycles. The quantitative estimate of drug-likeness (QED) is 0.271. The van der Waals surface area contributed by atoms with Crippen LogP contribution in [-0.2, 0) is 21.1 Å². The van der Waals surface area contributed by atoms with Crippen molar-refractivity contribution >= 4 is 0 Å². The van der Waals surface area contributed by atoms with E-state index < -0.39 is 65.5 Å². The van der Waals surface area contributed by atoms with Crippen LogP contribution in [0.25, 0.3) is 0 Å². The summed E-state index contributed by atoms with van der Waals surface area (Å²) in [7, 11) is 0. The summed E-state index contributed by atoms with van der Waals surface area (Å²) in [5.74, 6) is -6.96. The van der Waals surface area contributed by atoms with E-state index in [-0.39, 0.29) is 28.0 Å². The number of hydrogen-bond acceptors (Lipinski definition) is 2. The van der Waals surface area contributed by atoms with Gasteiger partial charge in [-0.2, -0.15) is 52.7 Å². The Labute approximate surface area is 169 Å². The summed E-state index contributed by atoms with van der Waals surface area (Å²) in [6.07, 6.45) is -26.7. The Bertz CT molecular complexity index is 633. The van der Waals surface area contributed by atoms with Crippen LogP contribution in [0.3, 0.4) is 0 Å². The second-order valence-corrected chi connectivity index (χ2v) is 6.86. The van der Waals surface area contributed by atoms with Crippen molar-refractivity contribution in [3.05, 3.63) is 18.1 Å². The summed E-state index contributed by atoms with van der Waals surface area (Å²) in [5, 5.41) is 19.2. The average Bonchev–Trinajstić information content (AvgIpc) is 3.00. The smallest absolute Gasteiger partial charge is 0.403 e. The molecule has 2 rings (SSSR count). The molecule has 0 radical (unpaired) electrons. The number of fused-ring (bicyclic) bond motifs is 2. The summed E-state index contributed by atoms with van der Waals surface area (Å²) in [5.41, 5.74) is -16.2. The van der Waals surface area contributed by atoms with Crippen LogP contribution in [0.1, 0.15) is 13.3 Å². The van der Waals surface area contributed by atoms with Gasteiger partial charge < -0.3 is 10.2 Å². The van der Waals surface area contributed by atoms with Gasteiger partial charge in [-0.25, -0.2) is 5.92 Å². The van der Waals surface area contributed by atoms with Crippen LogP contribution in [0, 0.1) is 23.2 Å². The van der Waals surface area contributed by atoms with Gasteiger partial charge in [0.25, 0.3) is 0 Å². The van der Waals surface area contributed by atoms with Crippen LogP contribution in [0.15, 0.2) is 12.2 Å². The number of aliphatic hydroxyl groups is 2. The van der Waals surface area contributed by atoms with Crippen LogP contribution in [0.4, 0.5) is 52.7 Å². The van der Waals surface area contributed by atoms with Crippen molar-refractivity contribution in [2.24, 2.45) is 17.3 Å². The molecule has 2 aliphatic rings. The Morgan fingerprint density at radius 1 is 0.759 bits per heavy atom. The van der Waals surface area contributed by atoms with Gasteiger partial charge in [-0.1, -0.05) is 24.8 Å². The minimum absolute atomic E-state index is 0. The van der Waals surface area contributed by atoms with Gasteiger partial charge in [-0.15, -0.1) is 12.0 Å². The maximum Gasteiger partial charge on any atom is 0.424 e. The molecule has 2 N–H and O–H groups in total. The maximum atomic E-state index is 13.3. The van der Waals surface area contributed by atoms with Gasteiger partial charge in [0.1, 0.15) is 5.60 Å². The van der Waals surface area contributed by atoms with Crippen LogP contribution in [-0.4, -0.2) is 46.1 Å². The van der Waals surface area contributed by atoms with E-state index in [4.69, 9.17) is 0 Å². The molecule has 0 amide bonds. The van der Waals surface area contributed by atoms with Crippen LogP contribution in [0.5, 0.6) is 0 Å². The summed E-state index contributed by atoms with van der Waals surface area (Å²) in [6.45, 7) is -0.195. The molecular weight excluding hydrogens is 612 g/mol. The van der Waals surface area contributed by atoms with Gasteiger partial charge in [0.15, 0.2) is 0 Å². The Kier molecular flexibility index (Phi) is 6.18. The standard InChI is InChI=1S/C14H11F12O2.W/c1-8(10(28,13(21,22)23)14(24,25)26)6-3-2-5(4-6)7(8)9(27,11(15,16)17)12(18,19)20;/h2-3,5-6,27-28H,4H2,1H3;/q-1;. The van der Waals surface area contributed by atoms with Gasteiger partial charge in [-0.3, -0.25) is 0 Å². The average molecular weight is 623 g/mol. The Morgan fingerprint density at radius 2 is 1.14 bits per heavy atom. The third-order valence-electron chi connectivity index (χ3n) is 5.54. The molecule has 0 saturated heterocycles. The number of halogens is 12. The summed E-state index contributed by atoms with van der Waals surface area (Å²) < 4.78 is 159. The zero-order chi connectivity index (χ0) is 22.4. The monoisotopic (exact) mass is 623 g/mol. The molecule has 29 heavy (non-hydrogen) atoms. The maximum absolute atomic E-state index is 13.3. The first-order valence-corrected chi connectivity index (χ1v) is 7.36. The molecule has 0 heterocycles. The van der Waals surface area contributed by atoms with Gasteiger partial charge in [0.05, 0.1) is 0 Å². The first kappa shape index (κ1) is 26.5. The van der Waals surface area contributed by atoms with E-state index >= 15 is 0 Å². The minimum Gasteiger partial charge on any atom is -0.403 e. The van der Waals surface area contributed by atoms with Crippen LogP contribution < -0.4 is 0 Å². The fraction of sp³-hybridized carbons (Fsp3) is 0.786. The predicted octanol–water partition coefficient (Wildman–Crippen LogP) is 4.48. The van der Waals surface area contributed by atoms with Crippen molar-refractivity contribution in [2.45, 2.75) is 49.3 Å². The van der Waals surface area contributed by atoms with E-state index in [1.807, 2.05) is 0 Å². The Balaban J connectivity index is 0.00000420. The van der Waals surface area contributed by atoms with Gasteiger partial charge in [0.2, 0.25) is 5.60 Å². The zero-order valence-electron chi connectivity index (χ0n) is 13.9. The van der Waals surface area contributed by atoms with Crippen LogP contribution in [0.2, 0.25) is 0 Å². The SMILES string of the molecule is CC1(C(O)(C(F)(F)F)C(F)(F)F)[C-](C(O)(C(F)(F)F)C(F)(F)F)C2C=CC1C2.[W]. The van der Waals surface area contributed by atoms with E-state index in [9.17, 15) is 62.9 Å². The van der Waals surface area contributed by atoms with E-state index in [0.717, 1.165) is 0 Å². The molecule has 0 aliphatic heterocycles. The van der Waals surface area contributed by atoms with E-state index in [1.165, 1.54) is 0 Å². The summed E-state index contributed by atoms with van der Waals surface area (Å²) >= 11 is 0. The summed E-state index contributed by atoms with van der Waals surface area (Å²) in [6, 6.07) is 0. The molecule has 0 spiro atoms. The molecule has 2 nitrogen and oxygen atoms in total. The number of alkyl halides is 12. The van der Waals surface area contributed by atoms with Gasteiger partial charge in [0, 0.05) is 21.1 Å². The molecule has 0 aromatic carbocycles. The van der Waals surface area contributed by atoms with Gasteiger partial charge >= 0.3 is 24.7 Å². The minimum atomic E-state index is -6.71. The van der Waals surface area contributed by atoms with Crippen LogP contribution >= 0.6 is 0 Å². The number of rotatable bonds is 2. The largest absolute Gasteiger partial charge is 0.424 e. The molecule has 3 atom stereocenters. The van der Waals surface area contributed by atoms with E-state index in [2.05, 4.69) is 0 Å². The van der Waals surface area contributed by atoms with Crippen molar-refractivity contribution in [3.63, 3.8) is 0 Å². The van der Waals surface area contributed by atoms with Crippen molar-refractivity contribution in [1.82, 2.24) is 0 Å². The fourth-order valence-electron chi connectivity index (χ4n) is 4.25. The molecule has 2 aliphatic carbocycles. The molecule has 3 unspecified atom stereocenters. The number of hydrogen-bond donors (Lipinski definition) is 2. The molecule has 1 fully saturated rings. The second kappa shape index (κ2) is 6.75. The Hall–Kier alpha value is -0.492. The second-order valence-electron chi connectivity index (χ2n) is 6.86. The zero-order valence-corrected chi connectivity index (χ0v) is 16.8. The third-order valence-corrected chi connectivity index (χ3v) is 5.54. The number of allylic oxidation sites excluding steroid dienone is 2.